The average molecular weight is 195 g/mol. The summed E-state index contributed by atoms with van der Waals surface area (Å²) in [6.07, 6.45) is 11.3. The molecule has 0 saturated heterocycles. The molecule has 2 fully saturated rings. The molecule has 2 aliphatic rings. The Hall–Kier alpha value is -0.0400. The Labute approximate surface area is 88.4 Å². The van der Waals surface area contributed by atoms with Crippen molar-refractivity contribution in [3.05, 3.63) is 0 Å². The van der Waals surface area contributed by atoms with Gasteiger partial charge in [-0.3, -0.25) is 0 Å². The first-order valence-corrected chi connectivity index (χ1v) is 6.55. The molecule has 4 atom stereocenters. The molecule has 0 heterocycles. The van der Waals surface area contributed by atoms with E-state index in [0.29, 0.717) is 6.04 Å². The Balaban J connectivity index is 1.66. The second kappa shape index (κ2) is 4.65. The predicted octanol–water partition coefficient (Wildman–Crippen LogP) is 3.33. The van der Waals surface area contributed by atoms with Crippen LogP contribution in [0.5, 0.6) is 0 Å². The van der Waals surface area contributed by atoms with E-state index in [0.717, 1.165) is 17.8 Å². The molecule has 2 aliphatic carbocycles. The van der Waals surface area contributed by atoms with Crippen molar-refractivity contribution in [3.63, 3.8) is 0 Å². The van der Waals surface area contributed by atoms with Crippen molar-refractivity contribution in [1.82, 2.24) is 0 Å². The SMILES string of the molecule is CCCC(N)CCC1CC2CCC1C2. The molecule has 82 valence electrons. The fraction of sp³-hybridized carbons (Fsp3) is 1.00. The summed E-state index contributed by atoms with van der Waals surface area (Å²) < 4.78 is 0. The molecule has 0 amide bonds. The second-order valence-corrected chi connectivity index (χ2v) is 5.56. The maximum Gasteiger partial charge on any atom is 0.00388 e. The van der Waals surface area contributed by atoms with Gasteiger partial charge < -0.3 is 5.73 Å². The van der Waals surface area contributed by atoms with Crippen LogP contribution in [-0.4, -0.2) is 6.04 Å². The number of hydrogen-bond donors (Lipinski definition) is 1. The molecule has 0 spiro atoms. The highest BCUT2D eigenvalue weighted by Gasteiger charge is 2.38. The summed E-state index contributed by atoms with van der Waals surface area (Å²) in [5, 5.41) is 0. The van der Waals surface area contributed by atoms with E-state index in [1.54, 1.807) is 6.42 Å². The summed E-state index contributed by atoms with van der Waals surface area (Å²) in [5.41, 5.74) is 6.06. The van der Waals surface area contributed by atoms with Gasteiger partial charge in [0, 0.05) is 6.04 Å². The highest BCUT2D eigenvalue weighted by atomic mass is 14.6. The molecule has 0 aliphatic heterocycles. The van der Waals surface area contributed by atoms with Gasteiger partial charge in [0.05, 0.1) is 0 Å². The van der Waals surface area contributed by atoms with E-state index in [2.05, 4.69) is 6.92 Å². The first-order chi connectivity index (χ1) is 6.79. The van der Waals surface area contributed by atoms with Gasteiger partial charge in [-0.1, -0.05) is 19.8 Å². The van der Waals surface area contributed by atoms with E-state index in [1.807, 2.05) is 0 Å². The summed E-state index contributed by atoms with van der Waals surface area (Å²) in [6, 6.07) is 0.485. The van der Waals surface area contributed by atoms with E-state index in [1.165, 1.54) is 44.9 Å². The largest absolute Gasteiger partial charge is 0.328 e. The van der Waals surface area contributed by atoms with Crippen molar-refractivity contribution in [2.24, 2.45) is 23.5 Å². The summed E-state index contributed by atoms with van der Waals surface area (Å²) in [7, 11) is 0. The molecule has 0 aromatic carbocycles. The van der Waals surface area contributed by atoms with Gasteiger partial charge in [0.1, 0.15) is 0 Å². The predicted molar refractivity (Wildman–Crippen MR) is 61.1 cm³/mol. The van der Waals surface area contributed by atoms with Crippen LogP contribution in [-0.2, 0) is 0 Å². The minimum atomic E-state index is 0.485. The van der Waals surface area contributed by atoms with Crippen molar-refractivity contribution >= 4 is 0 Å². The van der Waals surface area contributed by atoms with E-state index < -0.39 is 0 Å². The first-order valence-electron chi connectivity index (χ1n) is 6.55. The van der Waals surface area contributed by atoms with Gasteiger partial charge in [-0.05, 0) is 56.3 Å². The van der Waals surface area contributed by atoms with Crippen molar-refractivity contribution in [3.8, 4) is 0 Å². The van der Waals surface area contributed by atoms with Crippen LogP contribution >= 0.6 is 0 Å². The standard InChI is InChI=1S/C13H25N/c1-2-3-13(14)7-6-12-9-10-4-5-11(12)8-10/h10-13H,2-9,14H2,1H3. The number of nitrogens with two attached hydrogens (primary N) is 1. The summed E-state index contributed by atoms with van der Waals surface area (Å²) in [5.74, 6) is 3.25. The van der Waals surface area contributed by atoms with Crippen molar-refractivity contribution in [2.45, 2.75) is 64.3 Å². The van der Waals surface area contributed by atoms with Crippen LogP contribution in [0.2, 0.25) is 0 Å². The normalized spacial score (nSPS) is 37.7. The molecule has 14 heavy (non-hydrogen) atoms. The Kier molecular flexibility index (Phi) is 3.48. The monoisotopic (exact) mass is 195 g/mol. The van der Waals surface area contributed by atoms with Crippen LogP contribution in [0.4, 0.5) is 0 Å². The van der Waals surface area contributed by atoms with Crippen molar-refractivity contribution in [1.29, 1.82) is 0 Å². The summed E-state index contributed by atoms with van der Waals surface area (Å²) >= 11 is 0. The highest BCUT2D eigenvalue weighted by molar-refractivity contribution is 4.90. The third kappa shape index (κ3) is 2.31. The van der Waals surface area contributed by atoms with Crippen LogP contribution in [0.25, 0.3) is 0 Å². The fourth-order valence-electron chi connectivity index (χ4n) is 3.67. The molecular weight excluding hydrogens is 170 g/mol. The zero-order chi connectivity index (χ0) is 9.97. The molecule has 2 saturated carbocycles. The zero-order valence-electron chi connectivity index (χ0n) is 9.54. The molecular formula is C13H25N. The molecule has 1 nitrogen and oxygen atoms in total. The van der Waals surface area contributed by atoms with Crippen LogP contribution in [0.15, 0.2) is 0 Å². The molecule has 2 bridgehead atoms. The second-order valence-electron chi connectivity index (χ2n) is 5.56. The van der Waals surface area contributed by atoms with Gasteiger partial charge in [0.2, 0.25) is 0 Å². The number of fused-ring (bicyclic) bond motifs is 2. The Morgan fingerprint density at radius 3 is 2.64 bits per heavy atom. The lowest BCUT2D eigenvalue weighted by molar-refractivity contribution is 0.298. The van der Waals surface area contributed by atoms with E-state index in [-0.39, 0.29) is 0 Å². The summed E-state index contributed by atoms with van der Waals surface area (Å²) in [6.45, 7) is 2.23. The number of rotatable bonds is 5. The smallest absolute Gasteiger partial charge is 0.00388 e. The molecule has 4 unspecified atom stereocenters. The van der Waals surface area contributed by atoms with Crippen LogP contribution in [0, 0.1) is 17.8 Å². The lowest BCUT2D eigenvalue weighted by Crippen LogP contribution is -2.22. The minimum absolute atomic E-state index is 0.485. The Bertz CT molecular complexity index is 178. The topological polar surface area (TPSA) is 26.0 Å². The van der Waals surface area contributed by atoms with Crippen LogP contribution in [0.1, 0.15) is 58.3 Å². The minimum Gasteiger partial charge on any atom is -0.328 e. The summed E-state index contributed by atoms with van der Waals surface area (Å²) in [4.78, 5) is 0. The van der Waals surface area contributed by atoms with Gasteiger partial charge in [-0.2, -0.15) is 0 Å². The Morgan fingerprint density at radius 2 is 2.07 bits per heavy atom. The maximum absolute atomic E-state index is 6.06. The highest BCUT2D eigenvalue weighted by Crippen LogP contribution is 2.49. The van der Waals surface area contributed by atoms with Crippen LogP contribution in [0.3, 0.4) is 0 Å². The van der Waals surface area contributed by atoms with Gasteiger partial charge in [-0.25, -0.2) is 0 Å². The van der Waals surface area contributed by atoms with E-state index >= 15 is 0 Å². The van der Waals surface area contributed by atoms with Gasteiger partial charge >= 0.3 is 0 Å². The third-order valence-electron chi connectivity index (χ3n) is 4.45. The third-order valence-corrected chi connectivity index (χ3v) is 4.45. The molecule has 0 aromatic rings. The molecule has 2 N–H and O–H groups in total. The lowest BCUT2D eigenvalue weighted by atomic mass is 9.84. The average Bonchev–Trinajstić information content (AvgIpc) is 2.76. The van der Waals surface area contributed by atoms with Gasteiger partial charge in [-0.15, -0.1) is 0 Å². The fourth-order valence-corrected chi connectivity index (χ4v) is 3.67. The molecule has 2 rings (SSSR count). The number of hydrogen-bond acceptors (Lipinski definition) is 1. The van der Waals surface area contributed by atoms with Crippen molar-refractivity contribution < 1.29 is 0 Å². The van der Waals surface area contributed by atoms with Crippen molar-refractivity contribution in [2.75, 3.05) is 0 Å². The Morgan fingerprint density at radius 1 is 1.21 bits per heavy atom. The molecule has 1 heteroatoms. The van der Waals surface area contributed by atoms with Gasteiger partial charge in [0.15, 0.2) is 0 Å². The zero-order valence-corrected chi connectivity index (χ0v) is 9.54. The maximum atomic E-state index is 6.06. The molecule has 0 radical (unpaired) electrons. The van der Waals surface area contributed by atoms with Gasteiger partial charge in [0.25, 0.3) is 0 Å². The van der Waals surface area contributed by atoms with E-state index in [9.17, 15) is 0 Å². The molecule has 0 aromatic heterocycles. The van der Waals surface area contributed by atoms with E-state index in [4.69, 9.17) is 5.73 Å². The van der Waals surface area contributed by atoms with Crippen LogP contribution < -0.4 is 5.73 Å². The first kappa shape index (κ1) is 10.5. The lowest BCUT2D eigenvalue weighted by Gasteiger charge is -2.22. The quantitative estimate of drug-likeness (QED) is 0.715.